The summed E-state index contributed by atoms with van der Waals surface area (Å²) in [6.45, 7) is -0.674. The van der Waals surface area contributed by atoms with Gasteiger partial charge in [0.2, 0.25) is 6.29 Å². The number of aliphatic hydroxyl groups excluding tert-OH is 6. The number of methoxy groups -OCH3 is 1. The van der Waals surface area contributed by atoms with Crippen molar-refractivity contribution in [2.24, 2.45) is 0 Å². The number of aliphatic hydroxyl groups is 6. The molecule has 12 heteroatoms. The average molecular weight is 434 g/mol. The molecule has 30 heavy (non-hydrogen) atoms. The fourth-order valence-corrected chi connectivity index (χ4v) is 3.15. The van der Waals surface area contributed by atoms with Gasteiger partial charge in [-0.2, -0.15) is 0 Å². The quantitative estimate of drug-likeness (QED) is 0.241. The molecule has 2 fully saturated rings. The third kappa shape index (κ3) is 4.77. The summed E-state index contributed by atoms with van der Waals surface area (Å²) in [6, 6.07) is 3.96. The van der Waals surface area contributed by atoms with Gasteiger partial charge < -0.3 is 59.4 Å². The zero-order valence-corrected chi connectivity index (χ0v) is 16.0. The first kappa shape index (κ1) is 22.9. The molecule has 7 N–H and O–H groups in total. The Morgan fingerprint density at radius 2 is 1.60 bits per heavy atom. The molecular weight excluding hydrogens is 408 g/mol. The summed E-state index contributed by atoms with van der Waals surface area (Å²) in [6.07, 6.45) is -13.1. The molecule has 9 atom stereocenters. The minimum Gasteiger partial charge on any atom is -0.508 e. The highest BCUT2D eigenvalue weighted by molar-refractivity contribution is 5.45. The predicted octanol–water partition coefficient (Wildman–Crippen LogP) is -2.96. The lowest BCUT2D eigenvalue weighted by atomic mass is 9.99. The third-order valence-corrected chi connectivity index (χ3v) is 4.94. The Morgan fingerprint density at radius 3 is 2.30 bits per heavy atom. The molecule has 0 radical (unpaired) electrons. The molecule has 0 unspecified atom stereocenters. The molecule has 170 valence electrons. The fourth-order valence-electron chi connectivity index (χ4n) is 3.15. The van der Waals surface area contributed by atoms with Crippen molar-refractivity contribution in [2.45, 2.75) is 55.3 Å². The molecule has 0 aliphatic carbocycles. The lowest BCUT2D eigenvalue weighted by Gasteiger charge is -2.41. The molecule has 0 saturated carbocycles. The number of rotatable bonds is 6. The highest BCUT2D eigenvalue weighted by Gasteiger charge is 2.46. The van der Waals surface area contributed by atoms with E-state index in [9.17, 15) is 35.7 Å². The van der Waals surface area contributed by atoms with Crippen LogP contribution in [0.2, 0.25) is 0 Å². The number of hydrogen-bond donors (Lipinski definition) is 7. The Labute approximate surface area is 171 Å². The van der Waals surface area contributed by atoms with Gasteiger partial charge in [-0.1, -0.05) is 0 Å². The van der Waals surface area contributed by atoms with Crippen molar-refractivity contribution in [1.82, 2.24) is 0 Å². The van der Waals surface area contributed by atoms with Crippen molar-refractivity contribution in [1.29, 1.82) is 0 Å². The van der Waals surface area contributed by atoms with Crippen LogP contribution in [0.15, 0.2) is 18.2 Å². The first-order chi connectivity index (χ1) is 14.2. The van der Waals surface area contributed by atoms with Gasteiger partial charge in [0.05, 0.1) is 20.3 Å². The third-order valence-electron chi connectivity index (χ3n) is 4.94. The monoisotopic (exact) mass is 434 g/mol. The average Bonchev–Trinajstić information content (AvgIpc) is 2.73. The minimum atomic E-state index is -1.65. The first-order valence-corrected chi connectivity index (χ1v) is 9.23. The van der Waals surface area contributed by atoms with Gasteiger partial charge in [0, 0.05) is 6.07 Å². The van der Waals surface area contributed by atoms with Gasteiger partial charge in [-0.25, -0.2) is 0 Å². The molecule has 0 spiro atoms. The lowest BCUT2D eigenvalue weighted by Crippen LogP contribution is -2.61. The van der Waals surface area contributed by atoms with Crippen LogP contribution in [-0.4, -0.2) is 111 Å². The molecule has 3 rings (SSSR count). The molecule has 2 saturated heterocycles. The van der Waals surface area contributed by atoms with Crippen molar-refractivity contribution in [3.05, 3.63) is 18.2 Å². The zero-order valence-electron chi connectivity index (χ0n) is 16.0. The van der Waals surface area contributed by atoms with E-state index in [-0.39, 0.29) is 23.9 Å². The van der Waals surface area contributed by atoms with Crippen LogP contribution < -0.4 is 9.47 Å². The summed E-state index contributed by atoms with van der Waals surface area (Å²) >= 11 is 0. The number of ether oxygens (including phenoxy) is 5. The van der Waals surface area contributed by atoms with Crippen LogP contribution in [0, 0.1) is 0 Å². The Hall–Kier alpha value is -1.74. The Morgan fingerprint density at radius 1 is 0.900 bits per heavy atom. The second-order valence-electron chi connectivity index (χ2n) is 7.05. The van der Waals surface area contributed by atoms with Gasteiger partial charge >= 0.3 is 0 Å². The van der Waals surface area contributed by atoms with E-state index >= 15 is 0 Å². The maximum atomic E-state index is 10.2. The van der Waals surface area contributed by atoms with E-state index in [0.717, 1.165) is 0 Å². The predicted molar refractivity (Wildman–Crippen MR) is 95.7 cm³/mol. The number of hydrogen-bond acceptors (Lipinski definition) is 12. The van der Waals surface area contributed by atoms with Crippen LogP contribution >= 0.6 is 0 Å². The van der Waals surface area contributed by atoms with Crippen molar-refractivity contribution in [3.8, 4) is 17.2 Å². The molecule has 2 heterocycles. The maximum absolute atomic E-state index is 10.2. The van der Waals surface area contributed by atoms with E-state index in [2.05, 4.69) is 0 Å². The van der Waals surface area contributed by atoms with Crippen LogP contribution in [0.4, 0.5) is 0 Å². The molecule has 1 aromatic rings. The Bertz CT molecular complexity index is 702. The second-order valence-corrected chi connectivity index (χ2v) is 7.05. The van der Waals surface area contributed by atoms with Crippen molar-refractivity contribution in [2.75, 3.05) is 20.3 Å². The smallest absolute Gasteiger partial charge is 0.229 e. The highest BCUT2D eigenvalue weighted by atomic mass is 16.7. The van der Waals surface area contributed by atoms with Gasteiger partial charge in [0.15, 0.2) is 17.8 Å². The summed E-state index contributed by atoms with van der Waals surface area (Å²) in [4.78, 5) is 0. The largest absolute Gasteiger partial charge is 0.508 e. The normalized spacial score (nSPS) is 39.5. The van der Waals surface area contributed by atoms with Crippen LogP contribution in [0.3, 0.4) is 0 Å². The summed E-state index contributed by atoms with van der Waals surface area (Å²) in [7, 11) is 1.34. The van der Waals surface area contributed by atoms with E-state index in [1.165, 1.54) is 25.3 Å². The lowest BCUT2D eigenvalue weighted by molar-refractivity contribution is -0.307. The SMILES string of the molecule is COc1cc(O)ccc1O[C@@H]1O[C@H](CO[C@@H]2OC[C@@H](O)[C@H](O)[C@H]2O)[C@@H](O)[C@H](O)[C@H]1O. The van der Waals surface area contributed by atoms with E-state index in [4.69, 9.17) is 23.7 Å². The number of phenolic OH excluding ortho intramolecular Hbond substituents is 1. The van der Waals surface area contributed by atoms with Gasteiger partial charge in [0.1, 0.15) is 48.5 Å². The van der Waals surface area contributed by atoms with Crippen LogP contribution in [-0.2, 0) is 14.2 Å². The first-order valence-electron chi connectivity index (χ1n) is 9.23. The number of aromatic hydroxyl groups is 1. The van der Waals surface area contributed by atoms with Gasteiger partial charge in [-0.3, -0.25) is 0 Å². The second kappa shape index (κ2) is 9.60. The van der Waals surface area contributed by atoms with Crippen molar-refractivity contribution >= 4 is 0 Å². The molecular formula is C18H26O12. The van der Waals surface area contributed by atoms with Crippen molar-refractivity contribution in [3.63, 3.8) is 0 Å². The summed E-state index contributed by atoms with van der Waals surface area (Å²) < 4.78 is 26.6. The summed E-state index contributed by atoms with van der Waals surface area (Å²) in [5.74, 6) is 0.167. The van der Waals surface area contributed by atoms with Gasteiger partial charge in [-0.15, -0.1) is 0 Å². The van der Waals surface area contributed by atoms with E-state index in [1.807, 2.05) is 0 Å². The van der Waals surface area contributed by atoms with E-state index in [1.54, 1.807) is 0 Å². The minimum absolute atomic E-state index is 0.0793. The molecule has 2 aliphatic rings. The molecule has 0 bridgehead atoms. The topological polar surface area (TPSA) is 188 Å². The molecule has 0 amide bonds. The summed E-state index contributed by atoms with van der Waals surface area (Å²) in [5.41, 5.74) is 0. The maximum Gasteiger partial charge on any atom is 0.229 e. The van der Waals surface area contributed by atoms with Crippen LogP contribution in [0.1, 0.15) is 0 Å². The van der Waals surface area contributed by atoms with E-state index < -0.39 is 61.9 Å². The number of phenols is 1. The van der Waals surface area contributed by atoms with Gasteiger partial charge in [0.25, 0.3) is 0 Å². The van der Waals surface area contributed by atoms with Crippen molar-refractivity contribution < 1.29 is 59.4 Å². The Kier molecular flexibility index (Phi) is 7.34. The van der Waals surface area contributed by atoms with Crippen LogP contribution in [0.25, 0.3) is 0 Å². The number of benzene rings is 1. The molecule has 2 aliphatic heterocycles. The van der Waals surface area contributed by atoms with Gasteiger partial charge in [-0.05, 0) is 12.1 Å². The molecule has 1 aromatic carbocycles. The van der Waals surface area contributed by atoms with Crippen LogP contribution in [0.5, 0.6) is 17.2 Å². The zero-order chi connectivity index (χ0) is 22.0. The fraction of sp³-hybridized carbons (Fsp3) is 0.667. The Balaban J connectivity index is 1.66. The molecule has 12 nitrogen and oxygen atoms in total. The standard InChI is InChI=1S/C18H26O12/c1-26-10-4-7(19)2-3-9(10)29-18-16(25)14(23)13(22)11(30-18)6-28-17-15(24)12(21)8(20)5-27-17/h2-4,8,11-25H,5-6H2,1H3/t8-,11-,12+,13-,14+,15-,16-,17+,18-/m1/s1. The van der Waals surface area contributed by atoms with E-state index in [0.29, 0.717) is 0 Å². The highest BCUT2D eigenvalue weighted by Crippen LogP contribution is 2.33. The molecule has 0 aromatic heterocycles. The summed E-state index contributed by atoms with van der Waals surface area (Å²) in [5, 5.41) is 69.2.